The Balaban J connectivity index is 1.37. The van der Waals surface area contributed by atoms with Crippen LogP contribution in [0, 0.1) is 6.92 Å². The van der Waals surface area contributed by atoms with E-state index in [0.717, 1.165) is 16.7 Å². The number of anilines is 1. The number of carbonyl (C=O) groups excluding carboxylic acids is 2. The third kappa shape index (κ3) is 3.90. The van der Waals surface area contributed by atoms with Crippen LogP contribution < -0.4 is 14.4 Å². The molecule has 0 aliphatic carbocycles. The van der Waals surface area contributed by atoms with Gasteiger partial charge in [0, 0.05) is 5.56 Å². The molecule has 5 rings (SSSR count). The molecule has 6 heteroatoms. The number of para-hydroxylation sites is 1. The first kappa shape index (κ1) is 21.0. The van der Waals surface area contributed by atoms with Gasteiger partial charge in [0.25, 0.3) is 5.91 Å². The van der Waals surface area contributed by atoms with Gasteiger partial charge in [0.2, 0.25) is 6.79 Å². The Morgan fingerprint density at radius 3 is 2.64 bits per heavy atom. The molecule has 6 nitrogen and oxygen atoms in total. The van der Waals surface area contributed by atoms with Gasteiger partial charge in [-0.3, -0.25) is 9.59 Å². The maximum absolute atomic E-state index is 13.4. The number of ether oxygens (including phenoxy) is 2. The number of amides is 1. The Bertz CT molecular complexity index is 1260. The van der Waals surface area contributed by atoms with Crippen molar-refractivity contribution >= 4 is 23.5 Å². The number of rotatable bonds is 6. The highest BCUT2D eigenvalue weighted by Crippen LogP contribution is 2.43. The van der Waals surface area contributed by atoms with Crippen molar-refractivity contribution in [1.82, 2.24) is 0 Å². The van der Waals surface area contributed by atoms with E-state index in [0.29, 0.717) is 29.3 Å². The summed E-state index contributed by atoms with van der Waals surface area (Å²) in [5, 5.41) is 11.4. The predicted molar refractivity (Wildman–Crippen MR) is 124 cm³/mol. The van der Waals surface area contributed by atoms with Crippen LogP contribution in [-0.4, -0.2) is 23.6 Å². The van der Waals surface area contributed by atoms with Gasteiger partial charge in [0.05, 0.1) is 18.7 Å². The van der Waals surface area contributed by atoms with Crippen LogP contribution in [0.2, 0.25) is 0 Å². The zero-order chi connectivity index (χ0) is 23.0. The number of hydrogen-bond donors (Lipinski definition) is 1. The van der Waals surface area contributed by atoms with E-state index in [1.807, 2.05) is 43.3 Å². The summed E-state index contributed by atoms with van der Waals surface area (Å²) >= 11 is 0. The zero-order valence-electron chi connectivity index (χ0n) is 18.2. The van der Waals surface area contributed by atoms with Crippen LogP contribution in [0.3, 0.4) is 0 Å². The average molecular weight is 441 g/mol. The van der Waals surface area contributed by atoms with Gasteiger partial charge < -0.3 is 19.5 Å². The number of fused-ring (bicyclic) bond motifs is 2. The van der Waals surface area contributed by atoms with Crippen LogP contribution in [0.4, 0.5) is 5.69 Å². The predicted octanol–water partition coefficient (Wildman–Crippen LogP) is 4.13. The molecule has 2 heterocycles. The summed E-state index contributed by atoms with van der Waals surface area (Å²) < 4.78 is 10.7. The van der Waals surface area contributed by atoms with Crippen LogP contribution in [0.15, 0.2) is 72.8 Å². The van der Waals surface area contributed by atoms with E-state index in [2.05, 4.69) is 0 Å². The van der Waals surface area contributed by atoms with Crippen LogP contribution in [0.5, 0.6) is 11.5 Å². The molecule has 2 aliphatic heterocycles. The molecule has 3 aromatic carbocycles. The Morgan fingerprint density at radius 2 is 1.82 bits per heavy atom. The first-order chi connectivity index (χ1) is 15.9. The smallest absolute Gasteiger partial charge is 0.264 e. The molecule has 0 saturated carbocycles. The highest BCUT2D eigenvalue weighted by molar-refractivity contribution is 6.10. The number of ketones is 1. The third-order valence-corrected chi connectivity index (χ3v) is 5.99. The van der Waals surface area contributed by atoms with Crippen LogP contribution >= 0.6 is 0 Å². The van der Waals surface area contributed by atoms with Crippen molar-refractivity contribution in [3.63, 3.8) is 0 Å². The molecular formula is C27H23NO5. The molecule has 0 fully saturated rings. The minimum absolute atomic E-state index is 0.176. The van der Waals surface area contributed by atoms with Crippen molar-refractivity contribution < 1.29 is 24.2 Å². The van der Waals surface area contributed by atoms with Crippen molar-refractivity contribution in [2.45, 2.75) is 25.5 Å². The molecule has 2 aliphatic rings. The lowest BCUT2D eigenvalue weighted by atomic mass is 9.89. The number of carbonyl (C=O) groups is 2. The van der Waals surface area contributed by atoms with Crippen molar-refractivity contribution in [3.05, 3.63) is 95.1 Å². The SMILES string of the molecule is Cc1ccc(CN2C(=O)[C@@](O)(CC(=O)/C=C/c3ccc4c(c3)OCO4)c3ccccc32)cc1. The van der Waals surface area contributed by atoms with Crippen molar-refractivity contribution in [3.8, 4) is 11.5 Å². The van der Waals surface area contributed by atoms with E-state index in [1.165, 1.54) is 6.08 Å². The molecule has 1 N–H and O–H groups in total. The van der Waals surface area contributed by atoms with Crippen LogP contribution in [-0.2, 0) is 21.7 Å². The second kappa shape index (κ2) is 8.22. The molecule has 0 radical (unpaired) electrons. The Kier molecular flexibility index (Phi) is 5.23. The van der Waals surface area contributed by atoms with Gasteiger partial charge in [0.1, 0.15) is 0 Å². The molecule has 1 atom stereocenters. The van der Waals surface area contributed by atoms with E-state index in [4.69, 9.17) is 9.47 Å². The fourth-order valence-corrected chi connectivity index (χ4v) is 4.23. The molecule has 1 amide bonds. The Hall–Kier alpha value is -3.90. The normalized spacial score (nSPS) is 18.7. The minimum Gasteiger partial charge on any atom is -0.454 e. The molecule has 33 heavy (non-hydrogen) atoms. The first-order valence-corrected chi connectivity index (χ1v) is 10.7. The molecule has 0 aromatic heterocycles. The first-order valence-electron chi connectivity index (χ1n) is 10.7. The molecule has 0 bridgehead atoms. The number of hydrogen-bond acceptors (Lipinski definition) is 5. The molecule has 166 valence electrons. The third-order valence-electron chi connectivity index (χ3n) is 5.99. The van der Waals surface area contributed by atoms with E-state index in [1.54, 1.807) is 41.3 Å². The molecular weight excluding hydrogens is 418 g/mol. The van der Waals surface area contributed by atoms with Gasteiger partial charge >= 0.3 is 0 Å². The number of aryl methyl sites for hydroxylation is 1. The Morgan fingerprint density at radius 1 is 1.06 bits per heavy atom. The second-order valence-electron chi connectivity index (χ2n) is 8.34. The molecule has 0 saturated heterocycles. The van der Waals surface area contributed by atoms with Gasteiger partial charge in [-0.2, -0.15) is 0 Å². The topological polar surface area (TPSA) is 76.1 Å². The second-order valence-corrected chi connectivity index (χ2v) is 8.34. The number of benzene rings is 3. The monoisotopic (exact) mass is 441 g/mol. The fraction of sp³-hybridized carbons (Fsp3) is 0.185. The Labute approximate surface area is 191 Å². The largest absolute Gasteiger partial charge is 0.454 e. The standard InChI is InChI=1S/C27H23NO5/c1-18-6-8-20(9-7-18)16-28-23-5-3-2-4-22(23)27(31,26(28)30)15-21(29)12-10-19-11-13-24-25(14-19)33-17-32-24/h2-14,31H,15-17H2,1H3/b12-10+/t27-/m1/s1. The lowest BCUT2D eigenvalue weighted by molar-refractivity contribution is -0.140. The van der Waals surface area contributed by atoms with Gasteiger partial charge in [-0.05, 0) is 42.3 Å². The summed E-state index contributed by atoms with van der Waals surface area (Å²) in [5.41, 5.74) is 2.01. The van der Waals surface area contributed by atoms with E-state index in [9.17, 15) is 14.7 Å². The van der Waals surface area contributed by atoms with Crippen LogP contribution in [0.1, 0.15) is 28.7 Å². The number of allylic oxidation sites excluding steroid dienone is 1. The summed E-state index contributed by atoms with van der Waals surface area (Å²) in [6.45, 7) is 2.50. The lowest BCUT2D eigenvalue weighted by Crippen LogP contribution is -2.41. The van der Waals surface area contributed by atoms with E-state index >= 15 is 0 Å². The average Bonchev–Trinajstić information content (AvgIpc) is 3.36. The van der Waals surface area contributed by atoms with E-state index < -0.39 is 11.5 Å². The van der Waals surface area contributed by atoms with Crippen molar-refractivity contribution in [1.29, 1.82) is 0 Å². The maximum atomic E-state index is 13.4. The molecule has 0 unspecified atom stereocenters. The zero-order valence-corrected chi connectivity index (χ0v) is 18.2. The minimum atomic E-state index is -1.91. The number of nitrogens with zero attached hydrogens (tertiary/aromatic N) is 1. The summed E-state index contributed by atoms with van der Waals surface area (Å²) in [4.78, 5) is 27.7. The van der Waals surface area contributed by atoms with E-state index in [-0.39, 0.29) is 19.0 Å². The fourth-order valence-electron chi connectivity index (χ4n) is 4.23. The van der Waals surface area contributed by atoms with Gasteiger partial charge in [0.15, 0.2) is 22.9 Å². The van der Waals surface area contributed by atoms with Gasteiger partial charge in [-0.1, -0.05) is 60.2 Å². The quantitative estimate of drug-likeness (QED) is 0.582. The highest BCUT2D eigenvalue weighted by Gasteiger charge is 2.50. The number of aliphatic hydroxyl groups is 1. The molecule has 0 spiro atoms. The lowest BCUT2D eigenvalue weighted by Gasteiger charge is -2.22. The van der Waals surface area contributed by atoms with Crippen LogP contribution in [0.25, 0.3) is 6.08 Å². The van der Waals surface area contributed by atoms with Crippen molar-refractivity contribution in [2.75, 3.05) is 11.7 Å². The van der Waals surface area contributed by atoms with Crippen molar-refractivity contribution in [2.24, 2.45) is 0 Å². The summed E-state index contributed by atoms with van der Waals surface area (Å²) in [5.74, 6) is 0.439. The maximum Gasteiger partial charge on any atom is 0.264 e. The summed E-state index contributed by atoms with van der Waals surface area (Å²) in [7, 11) is 0. The van der Waals surface area contributed by atoms with Gasteiger partial charge in [-0.25, -0.2) is 0 Å². The van der Waals surface area contributed by atoms with Gasteiger partial charge in [-0.15, -0.1) is 0 Å². The molecule has 3 aromatic rings. The summed E-state index contributed by atoms with van der Waals surface area (Å²) in [6.07, 6.45) is 2.69. The summed E-state index contributed by atoms with van der Waals surface area (Å²) in [6, 6.07) is 20.3. The highest BCUT2D eigenvalue weighted by atomic mass is 16.7.